The number of halogens is 1. The molecule has 0 spiro atoms. The first-order valence-corrected chi connectivity index (χ1v) is 10.8. The SMILES string of the molecule is CCNC(=NCC1CCN(S(C)(=O)=O)CC1)N(C)Cc1cccc(F)c1. The molecular formula is C18H29FN4O2S. The highest BCUT2D eigenvalue weighted by Crippen LogP contribution is 2.19. The number of guanidine groups is 1. The summed E-state index contributed by atoms with van der Waals surface area (Å²) in [5.41, 5.74) is 0.888. The molecule has 1 aromatic rings. The van der Waals surface area contributed by atoms with Crippen molar-refractivity contribution in [2.75, 3.05) is 39.5 Å². The molecule has 26 heavy (non-hydrogen) atoms. The molecule has 0 radical (unpaired) electrons. The van der Waals surface area contributed by atoms with E-state index in [-0.39, 0.29) is 5.82 Å². The van der Waals surface area contributed by atoms with Crippen LogP contribution in [0.5, 0.6) is 0 Å². The van der Waals surface area contributed by atoms with Crippen LogP contribution in [0.4, 0.5) is 4.39 Å². The second kappa shape index (κ2) is 9.32. The van der Waals surface area contributed by atoms with E-state index in [2.05, 4.69) is 5.32 Å². The molecule has 1 aliphatic heterocycles. The molecule has 1 fully saturated rings. The summed E-state index contributed by atoms with van der Waals surface area (Å²) < 4.78 is 38.1. The molecule has 1 saturated heterocycles. The van der Waals surface area contributed by atoms with Crippen molar-refractivity contribution in [3.05, 3.63) is 35.6 Å². The molecule has 1 aliphatic rings. The monoisotopic (exact) mass is 384 g/mol. The van der Waals surface area contributed by atoms with Crippen LogP contribution in [-0.4, -0.2) is 63.1 Å². The van der Waals surface area contributed by atoms with Crippen molar-refractivity contribution in [1.82, 2.24) is 14.5 Å². The number of nitrogens with one attached hydrogen (secondary N) is 1. The summed E-state index contributed by atoms with van der Waals surface area (Å²) in [6.07, 6.45) is 2.91. The third kappa shape index (κ3) is 6.25. The molecule has 0 unspecified atom stereocenters. The summed E-state index contributed by atoms with van der Waals surface area (Å²) in [6, 6.07) is 6.56. The van der Waals surface area contributed by atoms with E-state index in [0.29, 0.717) is 32.1 Å². The highest BCUT2D eigenvalue weighted by molar-refractivity contribution is 7.88. The standard InChI is InChI=1S/C18H29FN4O2S/c1-4-20-18(22(2)14-16-6-5-7-17(19)12-16)21-13-15-8-10-23(11-9-15)26(3,24)25/h5-7,12,15H,4,8-11,13-14H2,1-3H3,(H,20,21). The molecule has 1 heterocycles. The van der Waals surface area contributed by atoms with Gasteiger partial charge in [0.1, 0.15) is 5.82 Å². The van der Waals surface area contributed by atoms with Crippen molar-refractivity contribution in [3.8, 4) is 0 Å². The number of piperidine rings is 1. The number of sulfonamides is 1. The Morgan fingerprint density at radius 2 is 2.08 bits per heavy atom. The van der Waals surface area contributed by atoms with E-state index < -0.39 is 10.0 Å². The fraction of sp³-hybridized carbons (Fsp3) is 0.611. The third-order valence-electron chi connectivity index (χ3n) is 4.55. The average Bonchev–Trinajstić information content (AvgIpc) is 2.58. The van der Waals surface area contributed by atoms with E-state index in [1.165, 1.54) is 22.7 Å². The Morgan fingerprint density at radius 3 is 2.65 bits per heavy atom. The van der Waals surface area contributed by atoms with Crippen molar-refractivity contribution in [3.63, 3.8) is 0 Å². The highest BCUT2D eigenvalue weighted by atomic mass is 32.2. The number of benzene rings is 1. The number of nitrogens with zero attached hydrogens (tertiary/aromatic N) is 3. The van der Waals surface area contributed by atoms with Gasteiger partial charge in [-0.2, -0.15) is 0 Å². The normalized spacial score (nSPS) is 17.3. The summed E-state index contributed by atoms with van der Waals surface area (Å²) in [5.74, 6) is 0.919. The predicted molar refractivity (Wildman–Crippen MR) is 103 cm³/mol. The maximum absolute atomic E-state index is 13.4. The Hall–Kier alpha value is -1.67. The minimum absolute atomic E-state index is 0.240. The molecule has 0 bridgehead atoms. The summed E-state index contributed by atoms with van der Waals surface area (Å²) in [7, 11) is -1.17. The minimum atomic E-state index is -3.09. The lowest BCUT2D eigenvalue weighted by atomic mass is 9.98. The first-order chi connectivity index (χ1) is 12.3. The van der Waals surface area contributed by atoms with Crippen molar-refractivity contribution < 1.29 is 12.8 Å². The van der Waals surface area contributed by atoms with Crippen LogP contribution in [0, 0.1) is 11.7 Å². The molecule has 1 N–H and O–H groups in total. The predicted octanol–water partition coefficient (Wildman–Crippen LogP) is 1.89. The zero-order valence-electron chi connectivity index (χ0n) is 15.8. The number of hydrogen-bond acceptors (Lipinski definition) is 3. The molecule has 0 amide bonds. The maximum Gasteiger partial charge on any atom is 0.211 e. The van der Waals surface area contributed by atoms with Crippen LogP contribution in [0.2, 0.25) is 0 Å². The smallest absolute Gasteiger partial charge is 0.211 e. The van der Waals surface area contributed by atoms with Crippen molar-refractivity contribution in [1.29, 1.82) is 0 Å². The van der Waals surface area contributed by atoms with Gasteiger partial charge in [-0.3, -0.25) is 4.99 Å². The molecule has 0 aliphatic carbocycles. The second-order valence-electron chi connectivity index (χ2n) is 6.79. The van der Waals surface area contributed by atoms with E-state index in [9.17, 15) is 12.8 Å². The van der Waals surface area contributed by atoms with Crippen LogP contribution < -0.4 is 5.32 Å². The number of rotatable bonds is 6. The molecule has 1 aromatic carbocycles. The minimum Gasteiger partial charge on any atom is -0.357 e. The van der Waals surface area contributed by atoms with Gasteiger partial charge >= 0.3 is 0 Å². The van der Waals surface area contributed by atoms with E-state index in [4.69, 9.17) is 4.99 Å². The first kappa shape index (κ1) is 20.6. The molecule has 0 aromatic heterocycles. The molecule has 0 saturated carbocycles. The molecule has 6 nitrogen and oxygen atoms in total. The summed E-state index contributed by atoms with van der Waals surface area (Å²) in [4.78, 5) is 6.69. The zero-order chi connectivity index (χ0) is 19.2. The third-order valence-corrected chi connectivity index (χ3v) is 5.85. The Morgan fingerprint density at radius 1 is 1.38 bits per heavy atom. The largest absolute Gasteiger partial charge is 0.357 e. The lowest BCUT2D eigenvalue weighted by Gasteiger charge is -2.30. The van der Waals surface area contributed by atoms with Gasteiger partial charge in [0.2, 0.25) is 10.0 Å². The van der Waals surface area contributed by atoms with E-state index in [1.807, 2.05) is 24.9 Å². The summed E-state index contributed by atoms with van der Waals surface area (Å²) in [5, 5.41) is 3.27. The zero-order valence-corrected chi connectivity index (χ0v) is 16.6. The Balaban J connectivity index is 1.94. The van der Waals surface area contributed by atoms with Gasteiger partial charge in [0.25, 0.3) is 0 Å². The van der Waals surface area contributed by atoms with Gasteiger partial charge in [-0.1, -0.05) is 12.1 Å². The quantitative estimate of drug-likeness (QED) is 0.601. The topological polar surface area (TPSA) is 65.0 Å². The van der Waals surface area contributed by atoms with Crippen LogP contribution in [0.1, 0.15) is 25.3 Å². The van der Waals surface area contributed by atoms with Crippen LogP contribution in [0.15, 0.2) is 29.3 Å². The van der Waals surface area contributed by atoms with Crippen LogP contribution >= 0.6 is 0 Å². The van der Waals surface area contributed by atoms with Gasteiger partial charge in [-0.25, -0.2) is 17.1 Å². The van der Waals surface area contributed by atoms with Crippen molar-refractivity contribution >= 4 is 16.0 Å². The first-order valence-electron chi connectivity index (χ1n) is 8.98. The molecule has 0 atom stereocenters. The lowest BCUT2D eigenvalue weighted by Crippen LogP contribution is -2.40. The van der Waals surface area contributed by atoms with Crippen molar-refractivity contribution in [2.24, 2.45) is 10.9 Å². The molecule has 146 valence electrons. The van der Waals surface area contributed by atoms with Gasteiger partial charge in [-0.05, 0) is 43.4 Å². The van der Waals surface area contributed by atoms with Crippen LogP contribution in [0.25, 0.3) is 0 Å². The Labute approximate surface area is 156 Å². The van der Waals surface area contributed by atoms with Gasteiger partial charge in [0.15, 0.2) is 5.96 Å². The van der Waals surface area contributed by atoms with Gasteiger partial charge in [0, 0.05) is 39.8 Å². The second-order valence-corrected chi connectivity index (χ2v) is 8.77. The van der Waals surface area contributed by atoms with E-state index >= 15 is 0 Å². The lowest BCUT2D eigenvalue weighted by molar-refractivity contribution is 0.279. The van der Waals surface area contributed by atoms with E-state index in [0.717, 1.165) is 30.9 Å². The molecular weight excluding hydrogens is 355 g/mol. The van der Waals surface area contributed by atoms with Crippen LogP contribution in [-0.2, 0) is 16.6 Å². The van der Waals surface area contributed by atoms with E-state index in [1.54, 1.807) is 6.07 Å². The fourth-order valence-electron chi connectivity index (χ4n) is 3.09. The number of aliphatic imine (C=N–C) groups is 1. The van der Waals surface area contributed by atoms with Gasteiger partial charge < -0.3 is 10.2 Å². The molecule has 2 rings (SSSR count). The Kier molecular flexibility index (Phi) is 7.40. The molecule has 8 heteroatoms. The summed E-state index contributed by atoms with van der Waals surface area (Å²) >= 11 is 0. The highest BCUT2D eigenvalue weighted by Gasteiger charge is 2.24. The van der Waals surface area contributed by atoms with Crippen molar-refractivity contribution in [2.45, 2.75) is 26.3 Å². The number of hydrogen-bond donors (Lipinski definition) is 1. The summed E-state index contributed by atoms with van der Waals surface area (Å²) in [6.45, 7) is 5.11. The van der Waals surface area contributed by atoms with Gasteiger partial charge in [0.05, 0.1) is 6.26 Å². The fourth-order valence-corrected chi connectivity index (χ4v) is 3.97. The average molecular weight is 385 g/mol. The van der Waals surface area contributed by atoms with Crippen LogP contribution in [0.3, 0.4) is 0 Å². The maximum atomic E-state index is 13.4. The Bertz CT molecular complexity index is 716. The van der Waals surface area contributed by atoms with Gasteiger partial charge in [-0.15, -0.1) is 0 Å².